The maximum absolute atomic E-state index is 11.5. The molecular formula is C13H16O3. The molecule has 0 aromatic heterocycles. The van der Waals surface area contributed by atoms with Crippen LogP contribution in [0.4, 0.5) is 0 Å². The van der Waals surface area contributed by atoms with Crippen LogP contribution in [0.5, 0.6) is 5.75 Å². The van der Waals surface area contributed by atoms with E-state index >= 15 is 0 Å². The van der Waals surface area contributed by atoms with Crippen molar-refractivity contribution < 1.29 is 14.6 Å². The number of phenolic OH excluding ortho intramolecular Hbond substituents is 1. The Hall–Kier alpha value is -1.77. The molecule has 0 saturated carbocycles. The molecule has 1 N–H and O–H groups in total. The number of para-hydroxylation sites is 1. The highest BCUT2D eigenvalue weighted by Crippen LogP contribution is 2.16. The number of unbranched alkanes of at least 4 members (excludes halogenated alkanes) is 1. The minimum absolute atomic E-state index is 0.0408. The fraction of sp³-hybridized carbons (Fsp3) is 0.308. The number of carbonyl (C=O) groups excluding carboxylic acids is 1. The smallest absolute Gasteiger partial charge is 0.341 e. The number of carbonyl (C=O) groups is 1. The zero-order chi connectivity index (χ0) is 11.8. The van der Waals surface area contributed by atoms with Crippen LogP contribution in [-0.4, -0.2) is 17.7 Å². The molecule has 0 saturated heterocycles. The van der Waals surface area contributed by atoms with Crippen LogP contribution in [-0.2, 0) is 4.74 Å². The van der Waals surface area contributed by atoms with Gasteiger partial charge >= 0.3 is 5.97 Å². The molecule has 16 heavy (non-hydrogen) atoms. The minimum atomic E-state index is -0.474. The van der Waals surface area contributed by atoms with Gasteiger partial charge in [-0.25, -0.2) is 4.79 Å². The molecule has 0 spiro atoms. The van der Waals surface area contributed by atoms with Gasteiger partial charge in [0.25, 0.3) is 0 Å². The van der Waals surface area contributed by atoms with Gasteiger partial charge in [-0.2, -0.15) is 0 Å². The van der Waals surface area contributed by atoms with Crippen molar-refractivity contribution in [1.82, 2.24) is 0 Å². The Bertz CT molecular complexity index is 369. The molecule has 0 atom stereocenters. The summed E-state index contributed by atoms with van der Waals surface area (Å²) in [7, 11) is 0. The van der Waals surface area contributed by atoms with Crippen molar-refractivity contribution >= 4 is 5.97 Å². The number of phenols is 1. The lowest BCUT2D eigenvalue weighted by Gasteiger charge is -2.04. The Morgan fingerprint density at radius 1 is 1.44 bits per heavy atom. The molecule has 0 aliphatic rings. The summed E-state index contributed by atoms with van der Waals surface area (Å²) in [5.74, 6) is -0.514. The zero-order valence-corrected chi connectivity index (χ0v) is 9.35. The van der Waals surface area contributed by atoms with Crippen molar-refractivity contribution in [2.24, 2.45) is 0 Å². The first-order valence-corrected chi connectivity index (χ1v) is 5.32. The largest absolute Gasteiger partial charge is 0.507 e. The summed E-state index contributed by atoms with van der Waals surface area (Å²) in [5, 5.41) is 9.41. The Labute approximate surface area is 95.4 Å². The third kappa shape index (κ3) is 3.77. The number of allylic oxidation sites excluding steroid dienone is 2. The van der Waals surface area contributed by atoms with E-state index in [1.165, 1.54) is 6.07 Å². The van der Waals surface area contributed by atoms with Crippen LogP contribution < -0.4 is 0 Å². The second-order valence-electron chi connectivity index (χ2n) is 3.36. The maximum atomic E-state index is 11.5. The molecule has 1 aromatic carbocycles. The maximum Gasteiger partial charge on any atom is 0.341 e. The highest BCUT2D eigenvalue weighted by atomic mass is 16.5. The van der Waals surface area contributed by atoms with Gasteiger partial charge in [0, 0.05) is 0 Å². The van der Waals surface area contributed by atoms with E-state index in [0.717, 1.165) is 12.8 Å². The predicted octanol–water partition coefficient (Wildman–Crippen LogP) is 2.91. The Balaban J connectivity index is 2.38. The van der Waals surface area contributed by atoms with Gasteiger partial charge in [0.2, 0.25) is 0 Å². The number of esters is 1. The van der Waals surface area contributed by atoms with E-state index in [0.29, 0.717) is 6.61 Å². The van der Waals surface area contributed by atoms with E-state index < -0.39 is 5.97 Å². The Morgan fingerprint density at radius 2 is 2.19 bits per heavy atom. The molecule has 0 unspecified atom stereocenters. The molecule has 0 radical (unpaired) electrons. The molecule has 86 valence electrons. The summed E-state index contributed by atoms with van der Waals surface area (Å²) in [5.41, 5.74) is 0.216. The van der Waals surface area contributed by atoms with Crippen LogP contribution >= 0.6 is 0 Å². The predicted molar refractivity (Wildman–Crippen MR) is 62.4 cm³/mol. The van der Waals surface area contributed by atoms with E-state index in [2.05, 4.69) is 0 Å². The van der Waals surface area contributed by atoms with Crippen molar-refractivity contribution in [3.05, 3.63) is 42.0 Å². The molecule has 0 aliphatic heterocycles. The van der Waals surface area contributed by atoms with Crippen LogP contribution in [0.2, 0.25) is 0 Å². The summed E-state index contributed by atoms with van der Waals surface area (Å²) in [6, 6.07) is 6.37. The Morgan fingerprint density at radius 3 is 2.88 bits per heavy atom. The van der Waals surface area contributed by atoms with E-state index in [1.54, 1.807) is 18.2 Å². The van der Waals surface area contributed by atoms with E-state index in [9.17, 15) is 9.90 Å². The highest BCUT2D eigenvalue weighted by molar-refractivity contribution is 5.92. The molecule has 0 heterocycles. The number of aromatic hydroxyl groups is 1. The summed E-state index contributed by atoms with van der Waals surface area (Å²) >= 11 is 0. The fourth-order valence-electron chi connectivity index (χ4n) is 1.26. The number of benzene rings is 1. The standard InChI is InChI=1S/C13H16O3/c1-2-3-4-7-10-16-13(15)11-8-5-6-9-12(11)14/h2-3,5-6,8-9,14H,4,7,10H2,1H3. The second-order valence-corrected chi connectivity index (χ2v) is 3.36. The van der Waals surface area contributed by atoms with Crippen molar-refractivity contribution in [2.45, 2.75) is 19.8 Å². The van der Waals surface area contributed by atoms with Crippen LogP contribution in [0.15, 0.2) is 36.4 Å². The van der Waals surface area contributed by atoms with Gasteiger partial charge < -0.3 is 9.84 Å². The average molecular weight is 220 g/mol. The molecule has 0 bridgehead atoms. The molecule has 1 rings (SSSR count). The highest BCUT2D eigenvalue weighted by Gasteiger charge is 2.10. The van der Waals surface area contributed by atoms with Crippen molar-refractivity contribution in [3.8, 4) is 5.75 Å². The lowest BCUT2D eigenvalue weighted by atomic mass is 10.2. The SMILES string of the molecule is CC=CCCCOC(=O)c1ccccc1O. The van der Waals surface area contributed by atoms with Gasteiger partial charge in [-0.15, -0.1) is 0 Å². The summed E-state index contributed by atoms with van der Waals surface area (Å²) < 4.78 is 5.02. The van der Waals surface area contributed by atoms with Gasteiger partial charge in [-0.3, -0.25) is 0 Å². The average Bonchev–Trinajstić information content (AvgIpc) is 2.29. The van der Waals surface area contributed by atoms with Gasteiger partial charge in [-0.05, 0) is 31.9 Å². The number of rotatable bonds is 5. The second kappa shape index (κ2) is 6.67. The van der Waals surface area contributed by atoms with Crippen molar-refractivity contribution in [2.75, 3.05) is 6.61 Å². The van der Waals surface area contributed by atoms with Crippen LogP contribution in [0.3, 0.4) is 0 Å². The van der Waals surface area contributed by atoms with Gasteiger partial charge in [-0.1, -0.05) is 24.3 Å². The van der Waals surface area contributed by atoms with Crippen molar-refractivity contribution in [1.29, 1.82) is 0 Å². The summed E-state index contributed by atoms with van der Waals surface area (Å²) in [4.78, 5) is 11.5. The normalized spacial score (nSPS) is 10.6. The van der Waals surface area contributed by atoms with E-state index in [1.807, 2.05) is 19.1 Å². The number of hydrogen-bond donors (Lipinski definition) is 1. The topological polar surface area (TPSA) is 46.5 Å². The van der Waals surface area contributed by atoms with Gasteiger partial charge in [0.1, 0.15) is 11.3 Å². The van der Waals surface area contributed by atoms with E-state index in [4.69, 9.17) is 4.74 Å². The lowest BCUT2D eigenvalue weighted by Crippen LogP contribution is -2.06. The summed E-state index contributed by atoms with van der Waals surface area (Å²) in [6.45, 7) is 2.32. The first-order chi connectivity index (χ1) is 7.75. The minimum Gasteiger partial charge on any atom is -0.507 e. The first kappa shape index (κ1) is 12.3. The fourth-order valence-corrected chi connectivity index (χ4v) is 1.26. The molecule has 3 nitrogen and oxygen atoms in total. The third-order valence-electron chi connectivity index (χ3n) is 2.11. The Kier molecular flexibility index (Phi) is 5.12. The molecule has 3 heteroatoms. The molecule has 1 aromatic rings. The number of ether oxygens (including phenoxy) is 1. The lowest BCUT2D eigenvalue weighted by molar-refractivity contribution is 0.0498. The number of hydrogen-bond acceptors (Lipinski definition) is 3. The molecule has 0 fully saturated rings. The van der Waals surface area contributed by atoms with Gasteiger partial charge in [0.05, 0.1) is 6.61 Å². The van der Waals surface area contributed by atoms with Crippen LogP contribution in [0, 0.1) is 0 Å². The van der Waals surface area contributed by atoms with Crippen LogP contribution in [0.25, 0.3) is 0 Å². The van der Waals surface area contributed by atoms with Crippen molar-refractivity contribution in [3.63, 3.8) is 0 Å². The molecular weight excluding hydrogens is 204 g/mol. The monoisotopic (exact) mass is 220 g/mol. The third-order valence-corrected chi connectivity index (χ3v) is 2.11. The quantitative estimate of drug-likeness (QED) is 0.471. The van der Waals surface area contributed by atoms with E-state index in [-0.39, 0.29) is 11.3 Å². The first-order valence-electron chi connectivity index (χ1n) is 5.32. The molecule has 0 aliphatic carbocycles. The van der Waals surface area contributed by atoms with Gasteiger partial charge in [0.15, 0.2) is 0 Å². The van der Waals surface area contributed by atoms with Crippen LogP contribution in [0.1, 0.15) is 30.1 Å². The zero-order valence-electron chi connectivity index (χ0n) is 9.35. The summed E-state index contributed by atoms with van der Waals surface area (Å²) in [6.07, 6.45) is 5.67. The molecule has 0 amide bonds.